The summed E-state index contributed by atoms with van der Waals surface area (Å²) in [7, 11) is 1.86. The molecule has 0 spiro atoms. The molecule has 0 saturated heterocycles. The molecule has 0 aliphatic heterocycles. The van der Waals surface area contributed by atoms with Crippen molar-refractivity contribution in [2.45, 2.75) is 31.7 Å². The summed E-state index contributed by atoms with van der Waals surface area (Å²) in [4.78, 5) is 0. The van der Waals surface area contributed by atoms with E-state index in [9.17, 15) is 8.78 Å². The summed E-state index contributed by atoms with van der Waals surface area (Å²) in [5, 5.41) is 3.16. The highest BCUT2D eigenvalue weighted by atomic mass is 19.2. The Labute approximate surface area is 101 Å². The van der Waals surface area contributed by atoms with Gasteiger partial charge in [0.2, 0.25) is 0 Å². The molecule has 3 heteroatoms. The Morgan fingerprint density at radius 2 is 2.12 bits per heavy atom. The van der Waals surface area contributed by atoms with E-state index in [2.05, 4.69) is 11.2 Å². The Hall–Kier alpha value is -1.40. The van der Waals surface area contributed by atoms with Gasteiger partial charge in [-0.2, -0.15) is 0 Å². The zero-order chi connectivity index (χ0) is 12.7. The fraction of sp³-hybridized carbons (Fsp3) is 0.429. The van der Waals surface area contributed by atoms with Gasteiger partial charge in [-0.1, -0.05) is 6.07 Å². The van der Waals surface area contributed by atoms with E-state index >= 15 is 0 Å². The van der Waals surface area contributed by atoms with E-state index in [1.807, 2.05) is 7.05 Å². The van der Waals surface area contributed by atoms with Crippen molar-refractivity contribution in [2.75, 3.05) is 7.05 Å². The molecule has 92 valence electrons. The molecule has 1 unspecified atom stereocenters. The van der Waals surface area contributed by atoms with E-state index in [0.717, 1.165) is 24.8 Å². The third kappa shape index (κ3) is 4.54. The number of hydrogen-bond donors (Lipinski definition) is 1. The SMILES string of the molecule is C#CCCCC(Cc1ccc(F)c(F)c1)NC. The molecule has 0 aromatic heterocycles. The van der Waals surface area contributed by atoms with E-state index in [1.54, 1.807) is 6.07 Å². The zero-order valence-electron chi connectivity index (χ0n) is 9.97. The largest absolute Gasteiger partial charge is 0.317 e. The number of terminal acetylenes is 1. The summed E-state index contributed by atoms with van der Waals surface area (Å²) in [5.41, 5.74) is 0.795. The predicted octanol–water partition coefficient (Wildman–Crippen LogP) is 2.90. The molecule has 0 aliphatic rings. The van der Waals surface area contributed by atoms with E-state index in [1.165, 1.54) is 12.1 Å². The van der Waals surface area contributed by atoms with Crippen LogP contribution in [0.3, 0.4) is 0 Å². The average molecular weight is 237 g/mol. The molecule has 0 heterocycles. The number of rotatable bonds is 6. The molecule has 1 aromatic rings. The number of unbranched alkanes of at least 4 members (excludes halogenated alkanes) is 1. The van der Waals surface area contributed by atoms with Crippen LogP contribution in [0.1, 0.15) is 24.8 Å². The molecule has 0 amide bonds. The molecule has 1 aromatic carbocycles. The highest BCUT2D eigenvalue weighted by Crippen LogP contribution is 2.12. The van der Waals surface area contributed by atoms with Crippen molar-refractivity contribution in [1.82, 2.24) is 5.32 Å². The predicted molar refractivity (Wildman–Crippen MR) is 65.6 cm³/mol. The van der Waals surface area contributed by atoms with Crippen LogP contribution in [0.5, 0.6) is 0 Å². The number of nitrogens with one attached hydrogen (secondary N) is 1. The molecule has 0 fully saturated rings. The summed E-state index contributed by atoms with van der Waals surface area (Å²) in [6.45, 7) is 0. The van der Waals surface area contributed by atoms with E-state index in [0.29, 0.717) is 6.42 Å². The highest BCUT2D eigenvalue weighted by molar-refractivity contribution is 5.18. The van der Waals surface area contributed by atoms with Crippen LogP contribution in [0.25, 0.3) is 0 Å². The number of likely N-dealkylation sites (N-methyl/N-ethyl adjacent to an activating group) is 1. The summed E-state index contributed by atoms with van der Waals surface area (Å²) >= 11 is 0. The summed E-state index contributed by atoms with van der Waals surface area (Å²) in [6.07, 6.45) is 8.47. The molecule has 1 N–H and O–H groups in total. The third-order valence-corrected chi connectivity index (χ3v) is 2.75. The maximum atomic E-state index is 13.0. The summed E-state index contributed by atoms with van der Waals surface area (Å²) in [5.74, 6) is 0.996. The monoisotopic (exact) mass is 237 g/mol. The minimum atomic E-state index is -0.804. The van der Waals surface area contributed by atoms with Gasteiger partial charge in [0, 0.05) is 12.5 Å². The maximum Gasteiger partial charge on any atom is 0.159 e. The molecular formula is C14H17F2N. The Bertz CT molecular complexity index is 396. The quantitative estimate of drug-likeness (QED) is 0.592. The van der Waals surface area contributed by atoms with Gasteiger partial charge in [0.15, 0.2) is 11.6 Å². The molecule has 0 radical (unpaired) electrons. The standard InChI is InChI=1S/C14H17F2N/c1-3-4-5-6-12(17-2)9-11-7-8-13(15)14(16)10-11/h1,7-8,10,12,17H,4-6,9H2,2H3. The Morgan fingerprint density at radius 1 is 1.35 bits per heavy atom. The normalized spacial score (nSPS) is 12.1. The summed E-state index contributed by atoms with van der Waals surface area (Å²) < 4.78 is 25.8. The van der Waals surface area contributed by atoms with Gasteiger partial charge < -0.3 is 5.32 Å². The Morgan fingerprint density at radius 3 is 2.71 bits per heavy atom. The minimum Gasteiger partial charge on any atom is -0.317 e. The van der Waals surface area contributed by atoms with E-state index in [-0.39, 0.29) is 6.04 Å². The van der Waals surface area contributed by atoms with Crippen LogP contribution in [0.2, 0.25) is 0 Å². The number of halogens is 2. The van der Waals surface area contributed by atoms with Crippen LogP contribution in [0, 0.1) is 24.0 Å². The van der Waals surface area contributed by atoms with Crippen LogP contribution in [0.4, 0.5) is 8.78 Å². The Balaban J connectivity index is 2.55. The summed E-state index contributed by atoms with van der Waals surface area (Å²) in [6, 6.07) is 4.28. The molecule has 0 saturated carbocycles. The lowest BCUT2D eigenvalue weighted by Gasteiger charge is -2.15. The van der Waals surface area contributed by atoms with E-state index in [4.69, 9.17) is 6.42 Å². The van der Waals surface area contributed by atoms with E-state index < -0.39 is 11.6 Å². The van der Waals surface area contributed by atoms with Crippen molar-refractivity contribution in [3.8, 4) is 12.3 Å². The molecule has 1 nitrogen and oxygen atoms in total. The first-order chi connectivity index (χ1) is 8.17. The molecular weight excluding hydrogens is 220 g/mol. The third-order valence-electron chi connectivity index (χ3n) is 2.75. The molecule has 0 bridgehead atoms. The van der Waals surface area contributed by atoms with Gasteiger partial charge in [-0.15, -0.1) is 12.3 Å². The smallest absolute Gasteiger partial charge is 0.159 e. The second kappa shape index (κ2) is 7.03. The van der Waals surface area contributed by atoms with Gasteiger partial charge in [-0.3, -0.25) is 0 Å². The fourth-order valence-corrected chi connectivity index (χ4v) is 1.75. The van der Waals surface area contributed by atoms with Gasteiger partial charge in [0.1, 0.15) is 0 Å². The van der Waals surface area contributed by atoms with Gasteiger partial charge in [0.25, 0.3) is 0 Å². The molecule has 1 rings (SSSR count). The van der Waals surface area contributed by atoms with Crippen molar-refractivity contribution >= 4 is 0 Å². The van der Waals surface area contributed by atoms with Crippen LogP contribution < -0.4 is 5.32 Å². The first-order valence-corrected chi connectivity index (χ1v) is 5.72. The van der Waals surface area contributed by atoms with Gasteiger partial charge in [0.05, 0.1) is 0 Å². The maximum absolute atomic E-state index is 13.0. The van der Waals surface area contributed by atoms with Crippen molar-refractivity contribution in [2.24, 2.45) is 0 Å². The first kappa shape index (κ1) is 13.7. The second-order valence-corrected chi connectivity index (χ2v) is 4.03. The lowest BCUT2D eigenvalue weighted by Crippen LogP contribution is -2.27. The van der Waals surface area contributed by atoms with Gasteiger partial charge in [-0.25, -0.2) is 8.78 Å². The van der Waals surface area contributed by atoms with Crippen molar-refractivity contribution < 1.29 is 8.78 Å². The fourth-order valence-electron chi connectivity index (χ4n) is 1.75. The number of benzene rings is 1. The Kier molecular flexibility index (Phi) is 5.65. The zero-order valence-corrected chi connectivity index (χ0v) is 9.97. The average Bonchev–Trinajstić information content (AvgIpc) is 2.32. The van der Waals surface area contributed by atoms with Crippen molar-refractivity contribution in [3.63, 3.8) is 0 Å². The molecule has 0 aliphatic carbocycles. The highest BCUT2D eigenvalue weighted by Gasteiger charge is 2.09. The topological polar surface area (TPSA) is 12.0 Å². The van der Waals surface area contributed by atoms with Crippen LogP contribution in [-0.4, -0.2) is 13.1 Å². The van der Waals surface area contributed by atoms with Gasteiger partial charge >= 0.3 is 0 Å². The molecule has 17 heavy (non-hydrogen) atoms. The van der Waals surface area contributed by atoms with Gasteiger partial charge in [-0.05, 0) is 44.0 Å². The second-order valence-electron chi connectivity index (χ2n) is 4.03. The van der Waals surface area contributed by atoms with Crippen molar-refractivity contribution in [3.05, 3.63) is 35.4 Å². The van der Waals surface area contributed by atoms with Crippen LogP contribution in [-0.2, 0) is 6.42 Å². The van der Waals surface area contributed by atoms with Crippen molar-refractivity contribution in [1.29, 1.82) is 0 Å². The van der Waals surface area contributed by atoms with Crippen LogP contribution in [0.15, 0.2) is 18.2 Å². The first-order valence-electron chi connectivity index (χ1n) is 5.72. The minimum absolute atomic E-state index is 0.244. The van der Waals surface area contributed by atoms with Crippen LogP contribution >= 0.6 is 0 Å². The molecule has 1 atom stereocenters. The lowest BCUT2D eigenvalue weighted by atomic mass is 10.0. The lowest BCUT2D eigenvalue weighted by molar-refractivity contribution is 0.492. The number of hydrogen-bond acceptors (Lipinski definition) is 1.